The molecule has 0 spiro atoms. The molecule has 0 unspecified atom stereocenters. The third kappa shape index (κ3) is 2.46. The second-order valence-electron chi connectivity index (χ2n) is 3.69. The molecule has 0 aliphatic rings. The Bertz CT molecular complexity index is 550. The summed E-state index contributed by atoms with van der Waals surface area (Å²) in [6.45, 7) is 0.404. The van der Waals surface area contributed by atoms with Gasteiger partial charge in [-0.05, 0) is 12.1 Å². The quantitative estimate of drug-likeness (QED) is 0.522. The summed E-state index contributed by atoms with van der Waals surface area (Å²) >= 11 is 0. The third-order valence-corrected chi connectivity index (χ3v) is 2.57. The Balaban J connectivity index is 2.06. The zero-order valence-electron chi connectivity index (χ0n) is 9.92. The molecule has 0 fully saturated rings. The molecule has 0 bridgehead atoms. The minimum Gasteiger partial charge on any atom is -0.346 e. The Hall–Kier alpha value is -2.41. The van der Waals surface area contributed by atoms with Crippen LogP contribution in [0, 0.1) is 0 Å². The number of nitrogens with two attached hydrogens (primary N) is 1. The number of aryl methyl sites for hydroxylation is 1. The van der Waals surface area contributed by atoms with Crippen LogP contribution in [0.15, 0.2) is 30.7 Å². The van der Waals surface area contributed by atoms with Crippen LogP contribution in [0.4, 0.5) is 5.69 Å². The largest absolute Gasteiger partial charge is 0.346 e. The average molecular weight is 246 g/mol. The number of pyridine rings is 1. The molecule has 7 heteroatoms. The normalized spacial score (nSPS) is 10.1. The molecule has 4 N–H and O–H groups in total. The van der Waals surface area contributed by atoms with E-state index in [-0.39, 0.29) is 5.91 Å². The van der Waals surface area contributed by atoms with Crippen LogP contribution in [-0.4, -0.2) is 20.7 Å². The minimum atomic E-state index is -0.216. The van der Waals surface area contributed by atoms with E-state index in [1.165, 1.54) is 6.20 Å². The molecule has 0 aliphatic carbocycles. The fraction of sp³-hybridized carbons (Fsp3) is 0.182. The van der Waals surface area contributed by atoms with Crippen molar-refractivity contribution in [3.05, 3.63) is 42.0 Å². The molecule has 0 saturated heterocycles. The minimum absolute atomic E-state index is 0.216. The number of hydrazine groups is 1. The number of nitrogens with one attached hydrogen (secondary N) is 2. The lowest BCUT2D eigenvalue weighted by molar-refractivity contribution is 0.0950. The molecule has 0 saturated carbocycles. The topological polar surface area (TPSA) is 97.9 Å². The van der Waals surface area contributed by atoms with Crippen molar-refractivity contribution in [3.8, 4) is 0 Å². The van der Waals surface area contributed by atoms with Crippen LogP contribution in [0.25, 0.3) is 0 Å². The molecule has 2 aromatic heterocycles. The highest BCUT2D eigenvalue weighted by molar-refractivity contribution is 5.99. The van der Waals surface area contributed by atoms with Gasteiger partial charge in [-0.15, -0.1) is 0 Å². The molecule has 0 radical (unpaired) electrons. The highest BCUT2D eigenvalue weighted by Crippen LogP contribution is 2.11. The lowest BCUT2D eigenvalue weighted by Gasteiger charge is -2.09. The lowest BCUT2D eigenvalue weighted by atomic mass is 10.2. The molecule has 0 aliphatic heterocycles. The number of anilines is 1. The molecule has 2 aromatic rings. The van der Waals surface area contributed by atoms with Crippen molar-refractivity contribution < 1.29 is 4.79 Å². The second kappa shape index (κ2) is 5.28. The maximum Gasteiger partial charge on any atom is 0.253 e. The SMILES string of the molecule is Cn1nccc1CNC(=O)c1ccncc1NN. The van der Waals surface area contributed by atoms with Crippen molar-refractivity contribution in [1.82, 2.24) is 20.1 Å². The number of rotatable bonds is 4. The van der Waals surface area contributed by atoms with Gasteiger partial charge in [0.25, 0.3) is 5.91 Å². The summed E-state index contributed by atoms with van der Waals surface area (Å²) in [5.74, 6) is 5.10. The van der Waals surface area contributed by atoms with Crippen molar-refractivity contribution in [2.24, 2.45) is 12.9 Å². The van der Waals surface area contributed by atoms with Gasteiger partial charge in [-0.1, -0.05) is 0 Å². The monoisotopic (exact) mass is 246 g/mol. The van der Waals surface area contributed by atoms with E-state index < -0.39 is 0 Å². The van der Waals surface area contributed by atoms with Gasteiger partial charge in [0.15, 0.2) is 0 Å². The number of carbonyl (C=O) groups is 1. The highest BCUT2D eigenvalue weighted by Gasteiger charge is 2.10. The first kappa shape index (κ1) is 12.1. The second-order valence-corrected chi connectivity index (χ2v) is 3.69. The van der Waals surface area contributed by atoms with Crippen molar-refractivity contribution in [2.75, 3.05) is 5.43 Å². The van der Waals surface area contributed by atoms with Crippen molar-refractivity contribution >= 4 is 11.6 Å². The van der Waals surface area contributed by atoms with E-state index in [0.717, 1.165) is 5.69 Å². The van der Waals surface area contributed by atoms with Crippen LogP contribution in [0.2, 0.25) is 0 Å². The molecule has 1 amide bonds. The Morgan fingerprint density at radius 3 is 2.94 bits per heavy atom. The first-order valence-corrected chi connectivity index (χ1v) is 5.38. The Kier molecular flexibility index (Phi) is 3.54. The van der Waals surface area contributed by atoms with Gasteiger partial charge in [0, 0.05) is 19.4 Å². The first-order valence-electron chi connectivity index (χ1n) is 5.38. The fourth-order valence-corrected chi connectivity index (χ4v) is 1.55. The van der Waals surface area contributed by atoms with Crippen LogP contribution < -0.4 is 16.6 Å². The van der Waals surface area contributed by atoms with E-state index in [2.05, 4.69) is 20.8 Å². The average Bonchev–Trinajstić information content (AvgIpc) is 2.81. The van der Waals surface area contributed by atoms with Crippen molar-refractivity contribution in [2.45, 2.75) is 6.54 Å². The number of hydrogen-bond donors (Lipinski definition) is 3. The fourth-order valence-electron chi connectivity index (χ4n) is 1.55. The van der Waals surface area contributed by atoms with Gasteiger partial charge < -0.3 is 10.7 Å². The van der Waals surface area contributed by atoms with Gasteiger partial charge in [0.2, 0.25) is 0 Å². The lowest BCUT2D eigenvalue weighted by Crippen LogP contribution is -2.25. The molecule has 2 rings (SSSR count). The van der Waals surface area contributed by atoms with E-state index in [0.29, 0.717) is 17.8 Å². The number of aromatic nitrogens is 3. The van der Waals surface area contributed by atoms with Gasteiger partial charge in [0.05, 0.1) is 29.7 Å². The maximum atomic E-state index is 12.0. The maximum absolute atomic E-state index is 12.0. The van der Waals surface area contributed by atoms with Gasteiger partial charge in [-0.25, -0.2) is 0 Å². The molecular weight excluding hydrogens is 232 g/mol. The molecule has 0 aromatic carbocycles. The highest BCUT2D eigenvalue weighted by atomic mass is 16.1. The zero-order valence-corrected chi connectivity index (χ0v) is 9.92. The molecule has 94 valence electrons. The predicted molar refractivity (Wildman–Crippen MR) is 66.4 cm³/mol. The van der Waals surface area contributed by atoms with Gasteiger partial charge in [-0.3, -0.25) is 20.3 Å². The number of amides is 1. The summed E-state index contributed by atoms with van der Waals surface area (Å²) in [6.07, 6.45) is 4.72. The van der Waals surface area contributed by atoms with Crippen LogP contribution >= 0.6 is 0 Å². The molecular formula is C11H14N6O. The summed E-state index contributed by atoms with van der Waals surface area (Å²) in [5.41, 5.74) is 4.30. The third-order valence-electron chi connectivity index (χ3n) is 2.57. The van der Waals surface area contributed by atoms with Crippen LogP contribution in [-0.2, 0) is 13.6 Å². The summed E-state index contributed by atoms with van der Waals surface area (Å²) in [4.78, 5) is 15.9. The van der Waals surface area contributed by atoms with Crippen molar-refractivity contribution in [3.63, 3.8) is 0 Å². The van der Waals surface area contributed by atoms with Crippen LogP contribution in [0.3, 0.4) is 0 Å². The summed E-state index contributed by atoms with van der Waals surface area (Å²) in [6, 6.07) is 3.45. The molecule has 7 nitrogen and oxygen atoms in total. The number of carbonyl (C=O) groups excluding carboxylic acids is 1. The number of hydrogen-bond acceptors (Lipinski definition) is 5. The standard InChI is InChI=1S/C11H14N6O/c1-17-8(2-5-15-17)6-14-11(18)9-3-4-13-7-10(9)16-12/h2-5,7,16H,6,12H2,1H3,(H,14,18). The summed E-state index contributed by atoms with van der Waals surface area (Å²) in [7, 11) is 1.82. The molecule has 18 heavy (non-hydrogen) atoms. The van der Waals surface area contributed by atoms with Crippen molar-refractivity contribution in [1.29, 1.82) is 0 Å². The van der Waals surface area contributed by atoms with Gasteiger partial charge in [-0.2, -0.15) is 5.10 Å². The molecule has 2 heterocycles. The summed E-state index contributed by atoms with van der Waals surface area (Å²) in [5, 5.41) is 6.82. The number of nitrogens with zero attached hydrogens (tertiary/aromatic N) is 3. The molecule has 0 atom stereocenters. The number of nitrogen functional groups attached to an aromatic ring is 1. The van der Waals surface area contributed by atoms with E-state index >= 15 is 0 Å². The van der Waals surface area contributed by atoms with Crippen LogP contribution in [0.5, 0.6) is 0 Å². The van der Waals surface area contributed by atoms with E-state index in [1.807, 2.05) is 13.1 Å². The van der Waals surface area contributed by atoms with Crippen LogP contribution in [0.1, 0.15) is 16.1 Å². The van der Waals surface area contributed by atoms with E-state index in [9.17, 15) is 4.79 Å². The predicted octanol–water partition coefficient (Wildman–Crippen LogP) is 0.0307. The Morgan fingerprint density at radius 2 is 2.28 bits per heavy atom. The Labute approximate surface area is 104 Å². The zero-order chi connectivity index (χ0) is 13.0. The Morgan fingerprint density at radius 1 is 1.44 bits per heavy atom. The van der Waals surface area contributed by atoms with Gasteiger partial charge >= 0.3 is 0 Å². The smallest absolute Gasteiger partial charge is 0.253 e. The summed E-state index contributed by atoms with van der Waals surface area (Å²) < 4.78 is 1.70. The van der Waals surface area contributed by atoms with E-state index in [4.69, 9.17) is 5.84 Å². The van der Waals surface area contributed by atoms with Gasteiger partial charge in [0.1, 0.15) is 0 Å². The van der Waals surface area contributed by atoms with E-state index in [1.54, 1.807) is 23.1 Å². The first-order chi connectivity index (χ1) is 8.72.